The Bertz CT molecular complexity index is 1200. The number of hydrogen-bond donors (Lipinski definition) is 1. The number of benzene rings is 4. The summed E-state index contributed by atoms with van der Waals surface area (Å²) in [5.41, 5.74) is 1.87. The highest BCUT2D eigenvalue weighted by atomic mass is 16.5. The van der Waals surface area contributed by atoms with E-state index in [-0.39, 0.29) is 11.7 Å². The van der Waals surface area contributed by atoms with Gasteiger partial charge in [-0.3, -0.25) is 9.59 Å². The van der Waals surface area contributed by atoms with Crippen LogP contribution in [0.3, 0.4) is 0 Å². The number of anilines is 1. The van der Waals surface area contributed by atoms with Gasteiger partial charge in [0, 0.05) is 11.1 Å². The molecule has 0 fully saturated rings. The van der Waals surface area contributed by atoms with Crippen LogP contribution in [0.1, 0.15) is 26.3 Å². The van der Waals surface area contributed by atoms with Gasteiger partial charge in [-0.15, -0.1) is 0 Å². The van der Waals surface area contributed by atoms with Gasteiger partial charge in [-0.25, -0.2) is 0 Å². The first-order valence-electron chi connectivity index (χ1n) is 9.24. The summed E-state index contributed by atoms with van der Waals surface area (Å²) in [6, 6.07) is 27.4. The Morgan fingerprint density at radius 3 is 2.07 bits per heavy atom. The van der Waals surface area contributed by atoms with Gasteiger partial charge in [-0.2, -0.15) is 0 Å². The van der Waals surface area contributed by atoms with Crippen molar-refractivity contribution in [2.45, 2.75) is 0 Å². The summed E-state index contributed by atoms with van der Waals surface area (Å²) in [5.74, 6) is 0.000887. The summed E-state index contributed by atoms with van der Waals surface area (Å²) < 4.78 is 5.43. The predicted molar refractivity (Wildman–Crippen MR) is 115 cm³/mol. The second kappa shape index (κ2) is 7.98. The molecule has 0 aliphatic heterocycles. The van der Waals surface area contributed by atoms with Gasteiger partial charge >= 0.3 is 0 Å². The van der Waals surface area contributed by atoms with Crippen LogP contribution in [-0.4, -0.2) is 18.8 Å². The van der Waals surface area contributed by atoms with E-state index in [1.807, 2.05) is 48.5 Å². The summed E-state index contributed by atoms with van der Waals surface area (Å²) in [6.07, 6.45) is 0. The lowest BCUT2D eigenvalue weighted by Crippen LogP contribution is -2.16. The van der Waals surface area contributed by atoms with Gasteiger partial charge in [0.15, 0.2) is 5.78 Å². The fourth-order valence-corrected chi connectivity index (χ4v) is 3.29. The van der Waals surface area contributed by atoms with E-state index in [0.29, 0.717) is 28.1 Å². The minimum Gasteiger partial charge on any atom is -0.496 e. The fraction of sp³-hybridized carbons (Fsp3) is 0.0400. The number of para-hydroxylation sites is 1. The highest BCUT2D eigenvalue weighted by Crippen LogP contribution is 2.27. The number of ketones is 1. The van der Waals surface area contributed by atoms with Crippen molar-refractivity contribution in [3.05, 3.63) is 108 Å². The number of amides is 1. The first-order valence-corrected chi connectivity index (χ1v) is 9.24. The molecular formula is C25H19NO3. The summed E-state index contributed by atoms with van der Waals surface area (Å²) >= 11 is 0. The first-order chi connectivity index (χ1) is 14.2. The Kier molecular flexibility index (Phi) is 5.08. The van der Waals surface area contributed by atoms with Crippen LogP contribution in [0.25, 0.3) is 10.8 Å². The van der Waals surface area contributed by atoms with Crippen molar-refractivity contribution in [1.29, 1.82) is 0 Å². The lowest BCUT2D eigenvalue weighted by molar-refractivity contribution is 0.102. The van der Waals surface area contributed by atoms with E-state index in [0.717, 1.165) is 10.8 Å². The molecule has 0 aromatic heterocycles. The highest BCUT2D eigenvalue weighted by Gasteiger charge is 2.18. The third-order valence-electron chi connectivity index (χ3n) is 4.77. The molecule has 4 nitrogen and oxygen atoms in total. The van der Waals surface area contributed by atoms with Crippen molar-refractivity contribution >= 4 is 28.2 Å². The van der Waals surface area contributed by atoms with Crippen LogP contribution in [0.4, 0.5) is 5.69 Å². The van der Waals surface area contributed by atoms with E-state index >= 15 is 0 Å². The number of nitrogens with one attached hydrogen (secondary N) is 1. The summed E-state index contributed by atoms with van der Waals surface area (Å²) in [6.45, 7) is 0. The number of carbonyl (C=O) groups excluding carboxylic acids is 2. The third kappa shape index (κ3) is 3.73. The van der Waals surface area contributed by atoms with Gasteiger partial charge in [0.1, 0.15) is 5.75 Å². The van der Waals surface area contributed by atoms with Gasteiger partial charge in [-0.05, 0) is 35.0 Å². The molecule has 1 amide bonds. The van der Waals surface area contributed by atoms with Crippen LogP contribution in [0.15, 0.2) is 91.0 Å². The van der Waals surface area contributed by atoms with Crippen molar-refractivity contribution in [3.8, 4) is 5.75 Å². The molecule has 4 aromatic carbocycles. The van der Waals surface area contributed by atoms with Crippen LogP contribution in [0, 0.1) is 0 Å². The molecule has 0 bridgehead atoms. The molecule has 0 aliphatic carbocycles. The number of fused-ring (bicyclic) bond motifs is 1. The number of rotatable bonds is 5. The number of methoxy groups -OCH3 is 1. The minimum absolute atomic E-state index is 0.146. The van der Waals surface area contributed by atoms with Crippen LogP contribution in [-0.2, 0) is 0 Å². The fourth-order valence-electron chi connectivity index (χ4n) is 3.29. The Labute approximate surface area is 168 Å². The quantitative estimate of drug-likeness (QED) is 0.475. The number of carbonyl (C=O) groups is 2. The van der Waals surface area contributed by atoms with Gasteiger partial charge in [0.05, 0.1) is 18.4 Å². The number of hydrogen-bond acceptors (Lipinski definition) is 3. The highest BCUT2D eigenvalue weighted by molar-refractivity contribution is 6.16. The summed E-state index contributed by atoms with van der Waals surface area (Å²) in [7, 11) is 1.54. The molecule has 4 aromatic rings. The molecule has 4 heteroatoms. The Morgan fingerprint density at radius 1 is 0.724 bits per heavy atom. The zero-order valence-electron chi connectivity index (χ0n) is 15.9. The van der Waals surface area contributed by atoms with Gasteiger partial charge in [0.2, 0.25) is 0 Å². The molecule has 0 aliphatic rings. The largest absolute Gasteiger partial charge is 0.496 e. The molecule has 1 N–H and O–H groups in total. The monoisotopic (exact) mass is 381 g/mol. The second-order valence-corrected chi connectivity index (χ2v) is 6.59. The second-order valence-electron chi connectivity index (χ2n) is 6.59. The van der Waals surface area contributed by atoms with Crippen LogP contribution < -0.4 is 10.1 Å². The molecule has 0 unspecified atom stereocenters. The average molecular weight is 381 g/mol. The van der Waals surface area contributed by atoms with Gasteiger partial charge in [0.25, 0.3) is 5.91 Å². The molecule has 0 radical (unpaired) electrons. The molecule has 0 atom stereocenters. The molecule has 142 valence electrons. The molecule has 0 heterocycles. The Balaban J connectivity index is 1.70. The predicted octanol–water partition coefficient (Wildman–Crippen LogP) is 5.33. The molecular weight excluding hydrogens is 362 g/mol. The van der Waals surface area contributed by atoms with Crippen molar-refractivity contribution in [2.24, 2.45) is 0 Å². The average Bonchev–Trinajstić information content (AvgIpc) is 2.78. The first kappa shape index (κ1) is 18.4. The van der Waals surface area contributed by atoms with Crippen molar-refractivity contribution < 1.29 is 14.3 Å². The SMILES string of the molecule is COc1cc2ccccc2cc1C(=O)Nc1ccccc1C(=O)c1ccccc1. The van der Waals surface area contributed by atoms with Crippen LogP contribution in [0.5, 0.6) is 5.75 Å². The molecule has 0 spiro atoms. The molecule has 0 saturated heterocycles. The van der Waals surface area contributed by atoms with E-state index in [1.165, 1.54) is 7.11 Å². The van der Waals surface area contributed by atoms with E-state index in [4.69, 9.17) is 4.74 Å². The van der Waals surface area contributed by atoms with E-state index in [1.54, 1.807) is 42.5 Å². The number of ether oxygens (including phenoxy) is 1. The van der Waals surface area contributed by atoms with Crippen LogP contribution >= 0.6 is 0 Å². The van der Waals surface area contributed by atoms with Crippen LogP contribution in [0.2, 0.25) is 0 Å². The van der Waals surface area contributed by atoms with E-state index < -0.39 is 0 Å². The summed E-state index contributed by atoms with van der Waals surface area (Å²) in [5, 5.41) is 4.80. The van der Waals surface area contributed by atoms with Crippen molar-refractivity contribution in [3.63, 3.8) is 0 Å². The third-order valence-corrected chi connectivity index (χ3v) is 4.77. The zero-order valence-corrected chi connectivity index (χ0v) is 15.9. The molecule has 0 saturated carbocycles. The normalized spacial score (nSPS) is 10.5. The maximum Gasteiger partial charge on any atom is 0.259 e. The molecule has 29 heavy (non-hydrogen) atoms. The summed E-state index contributed by atoms with van der Waals surface area (Å²) in [4.78, 5) is 26.0. The smallest absolute Gasteiger partial charge is 0.259 e. The van der Waals surface area contributed by atoms with Crippen molar-refractivity contribution in [1.82, 2.24) is 0 Å². The minimum atomic E-state index is -0.332. The topological polar surface area (TPSA) is 55.4 Å². The van der Waals surface area contributed by atoms with E-state index in [9.17, 15) is 9.59 Å². The van der Waals surface area contributed by atoms with E-state index in [2.05, 4.69) is 5.32 Å². The molecule has 4 rings (SSSR count). The Morgan fingerprint density at radius 2 is 1.34 bits per heavy atom. The Hall–Kier alpha value is -3.92. The standard InChI is InChI=1S/C25H19NO3/c1-29-23-16-19-12-6-5-11-18(19)15-21(23)25(28)26-22-14-8-7-13-20(22)24(27)17-9-3-2-4-10-17/h2-16H,1H3,(H,26,28). The van der Waals surface area contributed by atoms with Crippen molar-refractivity contribution in [2.75, 3.05) is 12.4 Å². The maximum absolute atomic E-state index is 13.0. The zero-order chi connectivity index (χ0) is 20.2. The lowest BCUT2D eigenvalue weighted by Gasteiger charge is -2.13. The maximum atomic E-state index is 13.0. The lowest BCUT2D eigenvalue weighted by atomic mass is 10.0. The van der Waals surface area contributed by atoms with Gasteiger partial charge in [-0.1, -0.05) is 66.7 Å². The van der Waals surface area contributed by atoms with Gasteiger partial charge < -0.3 is 10.1 Å².